The van der Waals surface area contributed by atoms with Gasteiger partial charge in [0.25, 0.3) is 5.91 Å². The Kier molecular flexibility index (Phi) is 5.53. The summed E-state index contributed by atoms with van der Waals surface area (Å²) in [5.41, 5.74) is 1.46. The molecule has 1 fully saturated rings. The molecule has 6 nitrogen and oxygen atoms in total. The molecule has 0 radical (unpaired) electrons. The summed E-state index contributed by atoms with van der Waals surface area (Å²) >= 11 is 5.88. The molecule has 0 bridgehead atoms. The van der Waals surface area contributed by atoms with Crippen molar-refractivity contribution < 1.29 is 14.4 Å². The van der Waals surface area contributed by atoms with Crippen LogP contribution in [0.25, 0.3) is 0 Å². The van der Waals surface area contributed by atoms with Crippen molar-refractivity contribution in [1.29, 1.82) is 0 Å². The van der Waals surface area contributed by atoms with E-state index in [0.29, 0.717) is 10.7 Å². The second-order valence-corrected chi connectivity index (χ2v) is 6.45. The number of benzene rings is 2. The Morgan fingerprint density at radius 3 is 2.62 bits per heavy atom. The van der Waals surface area contributed by atoms with Gasteiger partial charge in [-0.25, -0.2) is 4.79 Å². The van der Waals surface area contributed by atoms with Gasteiger partial charge in [0.2, 0.25) is 5.91 Å². The first kappa shape index (κ1) is 17.9. The van der Waals surface area contributed by atoms with Crippen molar-refractivity contribution in [3.8, 4) is 0 Å². The molecule has 2 N–H and O–H groups in total. The van der Waals surface area contributed by atoms with Crippen LogP contribution in [0.5, 0.6) is 0 Å². The standard InChI is InChI=1S/C19H18ClN3O3/c20-14-7-4-8-15(11-14)21-17(24)10-9-16-18(25)23(19(26)22-16)12-13-5-2-1-3-6-13/h1-8,11,16H,9-10,12H2,(H,21,24)(H,22,26). The van der Waals surface area contributed by atoms with Crippen LogP contribution in [0.4, 0.5) is 10.5 Å². The van der Waals surface area contributed by atoms with E-state index in [9.17, 15) is 14.4 Å². The van der Waals surface area contributed by atoms with Gasteiger partial charge >= 0.3 is 6.03 Å². The number of nitrogens with one attached hydrogen (secondary N) is 2. The lowest BCUT2D eigenvalue weighted by Gasteiger charge is -2.13. The number of urea groups is 1. The molecular weight excluding hydrogens is 354 g/mol. The molecule has 134 valence electrons. The van der Waals surface area contributed by atoms with Crippen LogP contribution >= 0.6 is 11.6 Å². The maximum absolute atomic E-state index is 12.4. The van der Waals surface area contributed by atoms with Crippen molar-refractivity contribution in [2.75, 3.05) is 5.32 Å². The Balaban J connectivity index is 1.53. The molecule has 0 spiro atoms. The lowest BCUT2D eigenvalue weighted by Crippen LogP contribution is -2.31. The fraction of sp³-hybridized carbons (Fsp3) is 0.211. The summed E-state index contributed by atoms with van der Waals surface area (Å²) < 4.78 is 0. The van der Waals surface area contributed by atoms with Crippen molar-refractivity contribution in [3.63, 3.8) is 0 Å². The maximum Gasteiger partial charge on any atom is 0.325 e. The summed E-state index contributed by atoms with van der Waals surface area (Å²) in [5.74, 6) is -0.551. The van der Waals surface area contributed by atoms with Crippen LogP contribution in [0, 0.1) is 0 Å². The number of hydrogen-bond acceptors (Lipinski definition) is 3. The predicted molar refractivity (Wildman–Crippen MR) is 98.6 cm³/mol. The molecule has 2 aromatic carbocycles. The minimum absolute atomic E-state index is 0.113. The van der Waals surface area contributed by atoms with Gasteiger partial charge in [-0.2, -0.15) is 0 Å². The first-order valence-electron chi connectivity index (χ1n) is 8.24. The third-order valence-electron chi connectivity index (χ3n) is 4.06. The molecule has 3 rings (SSSR count). The van der Waals surface area contributed by atoms with E-state index in [4.69, 9.17) is 11.6 Å². The molecule has 26 heavy (non-hydrogen) atoms. The van der Waals surface area contributed by atoms with Crippen LogP contribution in [0.15, 0.2) is 54.6 Å². The van der Waals surface area contributed by atoms with Crippen molar-refractivity contribution in [3.05, 3.63) is 65.2 Å². The molecule has 1 aliphatic rings. The number of amides is 4. The molecule has 1 atom stereocenters. The van der Waals surface area contributed by atoms with E-state index < -0.39 is 12.1 Å². The van der Waals surface area contributed by atoms with Crippen LogP contribution in [0.2, 0.25) is 5.02 Å². The van der Waals surface area contributed by atoms with Gasteiger partial charge in [0, 0.05) is 17.1 Å². The topological polar surface area (TPSA) is 78.5 Å². The normalized spacial score (nSPS) is 16.5. The van der Waals surface area contributed by atoms with Crippen LogP contribution in [-0.2, 0) is 16.1 Å². The number of anilines is 1. The van der Waals surface area contributed by atoms with Crippen molar-refractivity contribution in [2.45, 2.75) is 25.4 Å². The number of carbonyl (C=O) groups is 3. The highest BCUT2D eigenvalue weighted by Gasteiger charge is 2.37. The Morgan fingerprint density at radius 1 is 1.12 bits per heavy atom. The molecule has 1 heterocycles. The van der Waals surface area contributed by atoms with Gasteiger partial charge < -0.3 is 10.6 Å². The summed E-state index contributed by atoms with van der Waals surface area (Å²) in [5, 5.41) is 5.89. The van der Waals surface area contributed by atoms with Crippen molar-refractivity contribution in [2.24, 2.45) is 0 Å². The first-order chi connectivity index (χ1) is 12.5. The number of rotatable bonds is 6. The highest BCUT2D eigenvalue weighted by atomic mass is 35.5. The first-order valence-corrected chi connectivity index (χ1v) is 8.62. The SMILES string of the molecule is O=C(CCC1NC(=O)N(Cc2ccccc2)C1=O)Nc1cccc(Cl)c1. The molecule has 1 unspecified atom stereocenters. The predicted octanol–water partition coefficient (Wildman–Crippen LogP) is 3.18. The van der Waals surface area contributed by atoms with Gasteiger partial charge in [-0.3, -0.25) is 14.5 Å². The molecule has 7 heteroatoms. The van der Waals surface area contributed by atoms with Crippen LogP contribution < -0.4 is 10.6 Å². The second-order valence-electron chi connectivity index (χ2n) is 6.01. The fourth-order valence-electron chi connectivity index (χ4n) is 2.75. The highest BCUT2D eigenvalue weighted by Crippen LogP contribution is 2.17. The summed E-state index contributed by atoms with van der Waals surface area (Å²) in [6, 6.07) is 15.0. The van der Waals surface area contributed by atoms with E-state index in [2.05, 4.69) is 10.6 Å². The molecule has 1 saturated heterocycles. The Morgan fingerprint density at radius 2 is 1.88 bits per heavy atom. The summed E-state index contributed by atoms with van der Waals surface area (Å²) in [6.07, 6.45) is 0.352. The third kappa shape index (κ3) is 4.40. The number of hydrogen-bond donors (Lipinski definition) is 2. The van der Waals surface area contributed by atoms with Crippen molar-refractivity contribution >= 4 is 35.1 Å². The molecule has 2 aromatic rings. The zero-order chi connectivity index (χ0) is 18.5. The zero-order valence-corrected chi connectivity index (χ0v) is 14.7. The maximum atomic E-state index is 12.4. The number of halogens is 1. The van der Waals surface area contributed by atoms with Crippen molar-refractivity contribution in [1.82, 2.24) is 10.2 Å². The minimum atomic E-state index is -0.684. The van der Waals surface area contributed by atoms with E-state index in [0.717, 1.165) is 5.56 Å². The number of carbonyl (C=O) groups excluding carboxylic acids is 3. The molecule has 1 aliphatic heterocycles. The smallest absolute Gasteiger partial charge is 0.325 e. The zero-order valence-electron chi connectivity index (χ0n) is 13.9. The minimum Gasteiger partial charge on any atom is -0.326 e. The van der Waals surface area contributed by atoms with E-state index in [1.54, 1.807) is 24.3 Å². The fourth-order valence-corrected chi connectivity index (χ4v) is 2.94. The number of nitrogens with zero attached hydrogens (tertiary/aromatic N) is 1. The third-order valence-corrected chi connectivity index (χ3v) is 4.29. The largest absolute Gasteiger partial charge is 0.326 e. The molecule has 0 saturated carbocycles. The van der Waals surface area contributed by atoms with E-state index >= 15 is 0 Å². The van der Waals surface area contributed by atoms with E-state index in [1.807, 2.05) is 30.3 Å². The van der Waals surface area contributed by atoms with Gasteiger partial charge in [0.1, 0.15) is 6.04 Å². The second kappa shape index (κ2) is 8.01. The quantitative estimate of drug-likeness (QED) is 0.765. The highest BCUT2D eigenvalue weighted by molar-refractivity contribution is 6.30. The summed E-state index contributed by atoms with van der Waals surface area (Å²) in [7, 11) is 0. The molecule has 0 aromatic heterocycles. The molecular formula is C19H18ClN3O3. The van der Waals surface area contributed by atoms with Gasteiger partial charge in [-0.1, -0.05) is 48.0 Å². The number of imide groups is 1. The summed E-state index contributed by atoms with van der Waals surface area (Å²) in [6.45, 7) is 0.219. The lowest BCUT2D eigenvalue weighted by atomic mass is 10.1. The monoisotopic (exact) mass is 371 g/mol. The van der Waals surface area contributed by atoms with E-state index in [1.165, 1.54) is 4.90 Å². The van der Waals surface area contributed by atoms with Gasteiger partial charge in [0.05, 0.1) is 6.54 Å². The van der Waals surface area contributed by atoms with Crippen LogP contribution in [0.1, 0.15) is 18.4 Å². The van der Waals surface area contributed by atoms with Crippen LogP contribution in [-0.4, -0.2) is 28.8 Å². The Bertz CT molecular complexity index is 826. The van der Waals surface area contributed by atoms with Gasteiger partial charge in [-0.15, -0.1) is 0 Å². The molecule has 4 amide bonds. The van der Waals surface area contributed by atoms with Gasteiger partial charge in [-0.05, 0) is 30.2 Å². The Hall–Kier alpha value is -2.86. The lowest BCUT2D eigenvalue weighted by molar-refractivity contribution is -0.128. The van der Waals surface area contributed by atoms with Crippen LogP contribution in [0.3, 0.4) is 0 Å². The van der Waals surface area contributed by atoms with Gasteiger partial charge in [0.15, 0.2) is 0 Å². The Labute approximate surface area is 156 Å². The average Bonchev–Trinajstić information content (AvgIpc) is 2.88. The molecule has 0 aliphatic carbocycles. The summed E-state index contributed by atoms with van der Waals surface area (Å²) in [4.78, 5) is 37.7. The van der Waals surface area contributed by atoms with E-state index in [-0.39, 0.29) is 31.2 Å². The average molecular weight is 372 g/mol.